The lowest BCUT2D eigenvalue weighted by molar-refractivity contribution is 0.00845. The highest BCUT2D eigenvalue weighted by atomic mass is 16.5. The summed E-state index contributed by atoms with van der Waals surface area (Å²) in [5.41, 5.74) is 4.18. The third-order valence-corrected chi connectivity index (χ3v) is 14.1. The van der Waals surface area contributed by atoms with E-state index in [1.54, 1.807) is 48.5 Å². The van der Waals surface area contributed by atoms with Crippen LogP contribution in [0, 0.1) is 0 Å². The van der Waals surface area contributed by atoms with Crippen molar-refractivity contribution in [3.63, 3.8) is 0 Å². The molecule has 0 radical (unpaired) electrons. The monoisotopic (exact) mass is 986 g/mol. The molecular weight excluding hydrogens is 957 g/mol. The molecule has 8 amide bonds. The Balaban J connectivity index is 0.763. The summed E-state index contributed by atoms with van der Waals surface area (Å²) in [6.45, 7) is 0. The second kappa shape index (κ2) is 16.1. The SMILES string of the molecule is O=C(Oc1ccc2c(c1)C(=O)N(N1C(=O)c3ccccc3C1=O)C2=O)c1ccc(C2(c3ccc(OC(=O)c4ccc5c(c4)C(=O)N(N4C(=O)c6ccccc6C4=O)C5=O)cc3)c3ccccc3-c3ccccc32)cc1. The van der Waals surface area contributed by atoms with Crippen LogP contribution in [0.15, 0.2) is 182 Å². The Labute approximate surface area is 423 Å². The molecule has 0 bridgehead atoms. The van der Waals surface area contributed by atoms with Crippen LogP contribution in [-0.4, -0.2) is 79.2 Å². The largest absolute Gasteiger partial charge is 0.423 e. The number of nitrogens with zero attached hydrogens (tertiary/aromatic N) is 4. The maximum Gasteiger partial charge on any atom is 0.343 e. The summed E-state index contributed by atoms with van der Waals surface area (Å²) >= 11 is 0. The van der Waals surface area contributed by atoms with Crippen molar-refractivity contribution in [1.29, 1.82) is 0 Å². The molecule has 358 valence electrons. The van der Waals surface area contributed by atoms with Crippen molar-refractivity contribution in [1.82, 2.24) is 20.0 Å². The van der Waals surface area contributed by atoms with Gasteiger partial charge in [0.15, 0.2) is 0 Å². The summed E-state index contributed by atoms with van der Waals surface area (Å²) in [5.74, 6) is -8.50. The molecule has 16 nitrogen and oxygen atoms in total. The first-order chi connectivity index (χ1) is 36.4. The fraction of sp³-hybridized carbons (Fsp3) is 0.0169. The van der Waals surface area contributed by atoms with Crippen LogP contribution in [0.1, 0.15) is 126 Å². The maximum absolute atomic E-state index is 13.8. The molecule has 0 aromatic heterocycles. The van der Waals surface area contributed by atoms with Crippen LogP contribution in [0.2, 0.25) is 0 Å². The molecule has 8 aromatic rings. The van der Waals surface area contributed by atoms with Gasteiger partial charge >= 0.3 is 11.9 Å². The Morgan fingerprint density at radius 3 is 1.05 bits per heavy atom. The van der Waals surface area contributed by atoms with Gasteiger partial charge in [0.25, 0.3) is 47.3 Å². The number of benzene rings is 8. The van der Waals surface area contributed by atoms with Crippen molar-refractivity contribution >= 4 is 59.2 Å². The second-order valence-electron chi connectivity index (χ2n) is 18.0. The fourth-order valence-electron chi connectivity index (χ4n) is 10.7. The number of carbonyl (C=O) groups excluding carboxylic acids is 10. The summed E-state index contributed by atoms with van der Waals surface area (Å²) in [5, 5.41) is 2.02. The summed E-state index contributed by atoms with van der Waals surface area (Å²) in [4.78, 5) is 134. The first kappa shape index (κ1) is 44.2. The van der Waals surface area contributed by atoms with E-state index >= 15 is 0 Å². The number of carbonyl (C=O) groups is 10. The summed E-state index contributed by atoms with van der Waals surface area (Å²) in [6, 6.07) is 49.2. The quantitative estimate of drug-likeness (QED) is 0.0806. The first-order valence-corrected chi connectivity index (χ1v) is 23.2. The average Bonchev–Trinajstić information content (AvgIpc) is 4.13. The van der Waals surface area contributed by atoms with Gasteiger partial charge in [0.1, 0.15) is 11.5 Å². The molecule has 0 spiro atoms. The van der Waals surface area contributed by atoms with Crippen LogP contribution in [0.5, 0.6) is 11.5 Å². The minimum absolute atomic E-state index is 0.0501. The second-order valence-corrected chi connectivity index (χ2v) is 18.0. The molecule has 8 aromatic carbocycles. The lowest BCUT2D eigenvalue weighted by Crippen LogP contribution is -2.49. The molecule has 0 fully saturated rings. The van der Waals surface area contributed by atoms with E-state index in [0.717, 1.165) is 33.4 Å². The van der Waals surface area contributed by atoms with Gasteiger partial charge in [-0.1, -0.05) is 97.1 Å². The zero-order valence-electron chi connectivity index (χ0n) is 38.5. The molecule has 0 saturated heterocycles. The summed E-state index contributed by atoms with van der Waals surface area (Å²) in [6.07, 6.45) is 0. The van der Waals surface area contributed by atoms with Crippen molar-refractivity contribution in [2.75, 3.05) is 0 Å². The lowest BCUT2D eigenvalue weighted by Gasteiger charge is -2.34. The van der Waals surface area contributed by atoms with Crippen molar-refractivity contribution in [3.8, 4) is 22.6 Å². The Hall–Kier alpha value is -10.7. The Morgan fingerprint density at radius 2 is 0.600 bits per heavy atom. The van der Waals surface area contributed by atoms with Gasteiger partial charge in [-0.05, 0) is 118 Å². The fourth-order valence-corrected chi connectivity index (χ4v) is 10.7. The third-order valence-electron chi connectivity index (χ3n) is 14.1. The van der Waals surface area contributed by atoms with E-state index in [-0.39, 0.29) is 67.1 Å². The Bertz CT molecular complexity index is 3920. The van der Waals surface area contributed by atoms with Crippen LogP contribution in [-0.2, 0) is 5.41 Å². The molecule has 16 heteroatoms. The average molecular weight is 987 g/mol. The van der Waals surface area contributed by atoms with Crippen LogP contribution < -0.4 is 9.47 Å². The lowest BCUT2D eigenvalue weighted by atomic mass is 9.67. The van der Waals surface area contributed by atoms with Gasteiger partial charge < -0.3 is 9.47 Å². The number of rotatable bonds is 8. The third kappa shape index (κ3) is 6.23. The minimum atomic E-state index is -0.964. The van der Waals surface area contributed by atoms with Gasteiger partial charge in [-0.2, -0.15) is 20.0 Å². The molecule has 0 atom stereocenters. The van der Waals surface area contributed by atoms with Crippen LogP contribution in [0.3, 0.4) is 0 Å². The molecular formula is C59H30N4O12. The molecule has 4 aliphatic heterocycles. The topological polar surface area (TPSA) is 202 Å². The van der Waals surface area contributed by atoms with Crippen LogP contribution in [0.25, 0.3) is 11.1 Å². The molecule has 13 rings (SSSR count). The normalized spacial score (nSPS) is 15.5. The summed E-state index contributed by atoms with van der Waals surface area (Å²) in [7, 11) is 0. The first-order valence-electron chi connectivity index (χ1n) is 23.2. The predicted octanol–water partition coefficient (Wildman–Crippen LogP) is 8.10. The predicted molar refractivity (Wildman–Crippen MR) is 261 cm³/mol. The molecule has 1 aliphatic carbocycles. The number of esters is 2. The molecule has 4 heterocycles. The number of amides is 8. The van der Waals surface area contributed by atoms with Crippen molar-refractivity contribution in [2.45, 2.75) is 5.41 Å². The minimum Gasteiger partial charge on any atom is -0.423 e. The number of fused-ring (bicyclic) bond motifs is 7. The Morgan fingerprint density at radius 1 is 0.293 bits per heavy atom. The van der Waals surface area contributed by atoms with Crippen molar-refractivity contribution in [2.24, 2.45) is 0 Å². The van der Waals surface area contributed by atoms with Gasteiger partial charge in [-0.15, -0.1) is 0 Å². The van der Waals surface area contributed by atoms with Crippen molar-refractivity contribution in [3.05, 3.63) is 260 Å². The van der Waals surface area contributed by atoms with Gasteiger partial charge in [0, 0.05) is 0 Å². The van der Waals surface area contributed by atoms with E-state index in [0.29, 0.717) is 20.0 Å². The maximum atomic E-state index is 13.8. The van der Waals surface area contributed by atoms with E-state index in [1.165, 1.54) is 60.7 Å². The number of hydrazine groups is 2. The summed E-state index contributed by atoms with van der Waals surface area (Å²) < 4.78 is 11.5. The zero-order chi connectivity index (χ0) is 51.6. The molecule has 0 saturated carbocycles. The van der Waals surface area contributed by atoms with E-state index in [1.807, 2.05) is 72.8 Å². The van der Waals surface area contributed by atoms with Crippen molar-refractivity contribution < 1.29 is 57.4 Å². The number of hydrogen-bond acceptors (Lipinski definition) is 12. The molecule has 5 aliphatic rings. The van der Waals surface area contributed by atoms with E-state index in [2.05, 4.69) is 0 Å². The highest BCUT2D eigenvalue weighted by molar-refractivity contribution is 6.29. The van der Waals surface area contributed by atoms with E-state index in [9.17, 15) is 47.9 Å². The highest BCUT2D eigenvalue weighted by Crippen LogP contribution is 2.56. The van der Waals surface area contributed by atoms with E-state index < -0.39 is 64.6 Å². The van der Waals surface area contributed by atoms with Gasteiger partial charge in [-0.25, -0.2) is 9.59 Å². The van der Waals surface area contributed by atoms with Gasteiger partial charge in [0.2, 0.25) is 0 Å². The van der Waals surface area contributed by atoms with Crippen LogP contribution >= 0.6 is 0 Å². The molecule has 0 N–H and O–H groups in total. The molecule has 0 unspecified atom stereocenters. The van der Waals surface area contributed by atoms with E-state index in [4.69, 9.17) is 9.47 Å². The van der Waals surface area contributed by atoms with Gasteiger partial charge in [0.05, 0.1) is 61.0 Å². The smallest absolute Gasteiger partial charge is 0.343 e. The number of imide groups is 4. The Kier molecular flexibility index (Phi) is 9.52. The molecule has 75 heavy (non-hydrogen) atoms. The highest BCUT2D eigenvalue weighted by Gasteiger charge is 2.51. The van der Waals surface area contributed by atoms with Crippen LogP contribution in [0.4, 0.5) is 0 Å². The zero-order valence-corrected chi connectivity index (χ0v) is 38.5. The standard InChI is InChI=1S/C59H30N4O12/c64-49-39-11-1-2-12-40(39)50(65)60(49)62-53(68)43-27-19-32(29-45(43)55(62)70)58(73)74-35-24-22-34(23-25-35)59(47-15-7-5-9-37(47)38-10-6-8-16-48(38)59)33-20-17-31(18-21-33)57(72)75-36-26-28-44-46(30-36)56(71)63(54(44)69)61-51(66)41-13-3-4-14-42(41)52(61)67/h1-30H. The van der Waals surface area contributed by atoms with Gasteiger partial charge in [-0.3, -0.25) is 38.4 Å². The number of ether oxygens (including phenoxy) is 2. The number of hydrogen-bond donors (Lipinski definition) is 0.